The minimum Gasteiger partial charge on any atom is -0.480 e. The van der Waals surface area contributed by atoms with E-state index in [0.29, 0.717) is 13.0 Å². The fraction of sp³-hybridized carbons (Fsp3) is 0.714. The maximum Gasteiger partial charge on any atom is 0.472 e. The van der Waals surface area contributed by atoms with Gasteiger partial charge in [0.2, 0.25) is 0 Å². The molecular formula is C49H86NO9P. The summed E-state index contributed by atoms with van der Waals surface area (Å²) in [6, 6.07) is -1.48. The van der Waals surface area contributed by atoms with Crippen LogP contribution in [0.15, 0.2) is 72.9 Å². The Bertz CT molecular complexity index is 1230. The lowest BCUT2D eigenvalue weighted by molar-refractivity contribution is -0.154. The number of allylic oxidation sites excluding steroid dienone is 12. The van der Waals surface area contributed by atoms with Crippen molar-refractivity contribution in [3.8, 4) is 0 Å². The van der Waals surface area contributed by atoms with Gasteiger partial charge in [0.25, 0.3) is 0 Å². The molecule has 4 N–H and O–H groups in total. The number of carboxylic acids is 1. The van der Waals surface area contributed by atoms with E-state index in [9.17, 15) is 19.0 Å². The third kappa shape index (κ3) is 43.5. The van der Waals surface area contributed by atoms with Gasteiger partial charge in [-0.25, -0.2) is 4.57 Å². The van der Waals surface area contributed by atoms with Crippen LogP contribution in [0.5, 0.6) is 0 Å². The van der Waals surface area contributed by atoms with Crippen molar-refractivity contribution in [2.45, 2.75) is 199 Å². The lowest BCUT2D eigenvalue weighted by Crippen LogP contribution is -2.34. The largest absolute Gasteiger partial charge is 0.480 e. The molecule has 0 saturated heterocycles. The molecule has 346 valence electrons. The van der Waals surface area contributed by atoms with E-state index in [-0.39, 0.29) is 13.0 Å². The van der Waals surface area contributed by atoms with E-state index in [0.717, 1.165) is 96.3 Å². The molecule has 0 aromatic heterocycles. The molecule has 0 aromatic rings. The SMILES string of the molecule is CC/C=C\C/C=C\C/C=C\C/C=C\CCCCCCCCC(=O)OC(COCCCCCCCCCC/C=C\C/C=C\CCCCCC)COP(=O)(O)OCC(N)C(=O)O. The number of phosphoric ester groups is 1. The Morgan fingerprint density at radius 2 is 0.967 bits per heavy atom. The maximum absolute atomic E-state index is 12.7. The fourth-order valence-electron chi connectivity index (χ4n) is 6.09. The molecule has 3 atom stereocenters. The highest BCUT2D eigenvalue weighted by atomic mass is 31.2. The Balaban J connectivity index is 4.25. The number of hydrogen-bond acceptors (Lipinski definition) is 8. The van der Waals surface area contributed by atoms with Gasteiger partial charge < -0.3 is 25.2 Å². The van der Waals surface area contributed by atoms with Gasteiger partial charge in [0.05, 0.1) is 19.8 Å². The topological polar surface area (TPSA) is 155 Å². The first-order valence-corrected chi connectivity index (χ1v) is 25.0. The highest BCUT2D eigenvalue weighted by molar-refractivity contribution is 7.47. The zero-order chi connectivity index (χ0) is 44.0. The highest BCUT2D eigenvalue weighted by Crippen LogP contribution is 2.43. The van der Waals surface area contributed by atoms with Crippen LogP contribution >= 0.6 is 7.82 Å². The summed E-state index contributed by atoms with van der Waals surface area (Å²) in [5.74, 6) is -1.80. The lowest BCUT2D eigenvalue weighted by Gasteiger charge is -2.20. The Morgan fingerprint density at radius 1 is 0.550 bits per heavy atom. The minimum absolute atomic E-state index is 0.00341. The highest BCUT2D eigenvalue weighted by Gasteiger charge is 2.27. The molecule has 0 aromatic carbocycles. The van der Waals surface area contributed by atoms with E-state index in [2.05, 4.69) is 86.8 Å². The summed E-state index contributed by atoms with van der Waals surface area (Å²) < 4.78 is 33.4. The van der Waals surface area contributed by atoms with Crippen molar-refractivity contribution < 1.29 is 42.7 Å². The molecule has 0 saturated carbocycles. The van der Waals surface area contributed by atoms with E-state index >= 15 is 0 Å². The molecule has 0 amide bonds. The Labute approximate surface area is 365 Å². The molecule has 0 rings (SSSR count). The summed E-state index contributed by atoms with van der Waals surface area (Å²) in [5, 5.41) is 8.91. The van der Waals surface area contributed by atoms with Crippen LogP contribution in [0.2, 0.25) is 0 Å². The third-order valence-corrected chi connectivity index (χ3v) is 10.7. The second-order valence-electron chi connectivity index (χ2n) is 15.5. The molecule has 0 fully saturated rings. The first kappa shape index (κ1) is 57.4. The number of unbranched alkanes of at least 4 members (excludes halogenated alkanes) is 18. The molecule has 60 heavy (non-hydrogen) atoms. The fourth-order valence-corrected chi connectivity index (χ4v) is 6.87. The van der Waals surface area contributed by atoms with Crippen LogP contribution in [0.3, 0.4) is 0 Å². The molecular weight excluding hydrogens is 778 g/mol. The summed E-state index contributed by atoms with van der Waals surface area (Å²) >= 11 is 0. The predicted octanol–water partition coefficient (Wildman–Crippen LogP) is 13.4. The van der Waals surface area contributed by atoms with Crippen molar-refractivity contribution in [2.75, 3.05) is 26.4 Å². The van der Waals surface area contributed by atoms with Gasteiger partial charge >= 0.3 is 19.8 Å². The van der Waals surface area contributed by atoms with Gasteiger partial charge in [0.1, 0.15) is 12.1 Å². The normalized spacial score (nSPS) is 14.5. The van der Waals surface area contributed by atoms with Crippen LogP contribution in [-0.2, 0) is 32.7 Å². The smallest absolute Gasteiger partial charge is 0.472 e. The van der Waals surface area contributed by atoms with Crippen LogP contribution < -0.4 is 5.73 Å². The first-order valence-electron chi connectivity index (χ1n) is 23.5. The number of carbonyl (C=O) groups is 2. The number of phosphoric acid groups is 1. The van der Waals surface area contributed by atoms with Crippen molar-refractivity contribution in [2.24, 2.45) is 5.73 Å². The van der Waals surface area contributed by atoms with Gasteiger partial charge in [-0.1, -0.05) is 170 Å². The molecule has 3 unspecified atom stereocenters. The summed E-state index contributed by atoms with van der Waals surface area (Å²) in [7, 11) is -4.63. The maximum atomic E-state index is 12.7. The van der Waals surface area contributed by atoms with Crippen molar-refractivity contribution in [1.82, 2.24) is 0 Å². The Hall–Kier alpha value is -2.59. The molecule has 11 heteroatoms. The summed E-state index contributed by atoms with van der Waals surface area (Å²) in [6.45, 7) is 3.72. The zero-order valence-electron chi connectivity index (χ0n) is 37.8. The average molecular weight is 864 g/mol. The monoisotopic (exact) mass is 864 g/mol. The molecule has 0 bridgehead atoms. The Kier molecular flexibility index (Phi) is 42.5. The molecule has 0 spiro atoms. The van der Waals surface area contributed by atoms with Gasteiger partial charge in [0.15, 0.2) is 0 Å². The standard InChI is InChI=1S/C49H86NO9P/c1-3-5-7-9-11-13-15-17-19-21-23-25-27-29-31-33-35-37-39-41-48(51)59-46(44-57-60(54,55)58-45-47(50)49(52)53)43-56-42-40-38-36-34-32-30-28-26-24-22-20-18-16-14-12-10-8-6-4-2/h5,7,11,13-14,16-17,19-20,22-23,25,46-47H,3-4,6,8-10,12,15,18,21,24,26-45,50H2,1-2H3,(H,52,53)(H,54,55)/b7-5-,13-11-,16-14-,19-17-,22-20-,25-23-. The molecule has 10 nitrogen and oxygen atoms in total. The van der Waals surface area contributed by atoms with Crippen molar-refractivity contribution in [3.05, 3.63) is 72.9 Å². The zero-order valence-corrected chi connectivity index (χ0v) is 38.7. The van der Waals surface area contributed by atoms with E-state index in [1.165, 1.54) is 64.2 Å². The second kappa shape index (κ2) is 44.5. The van der Waals surface area contributed by atoms with Crippen LogP contribution in [-0.4, -0.2) is 60.5 Å². The van der Waals surface area contributed by atoms with Crippen molar-refractivity contribution in [3.63, 3.8) is 0 Å². The number of esters is 1. The van der Waals surface area contributed by atoms with E-state index < -0.39 is 45.1 Å². The number of ether oxygens (including phenoxy) is 2. The molecule has 0 aliphatic heterocycles. The van der Waals surface area contributed by atoms with Crippen LogP contribution in [0.1, 0.15) is 187 Å². The van der Waals surface area contributed by atoms with Crippen LogP contribution in [0.4, 0.5) is 0 Å². The molecule has 0 aliphatic carbocycles. The van der Waals surface area contributed by atoms with Gasteiger partial charge in [0, 0.05) is 13.0 Å². The summed E-state index contributed by atoms with van der Waals surface area (Å²) in [5.41, 5.74) is 5.36. The number of hydrogen-bond donors (Lipinski definition) is 3. The Morgan fingerprint density at radius 3 is 1.45 bits per heavy atom. The third-order valence-electron chi connectivity index (χ3n) is 9.72. The number of nitrogens with two attached hydrogens (primary N) is 1. The van der Waals surface area contributed by atoms with Gasteiger partial charge in [-0.3, -0.25) is 18.6 Å². The van der Waals surface area contributed by atoms with Gasteiger partial charge in [-0.15, -0.1) is 0 Å². The second-order valence-corrected chi connectivity index (χ2v) is 17.0. The van der Waals surface area contributed by atoms with Crippen LogP contribution in [0, 0.1) is 0 Å². The molecule has 0 aliphatic rings. The van der Waals surface area contributed by atoms with Crippen molar-refractivity contribution >= 4 is 19.8 Å². The minimum atomic E-state index is -4.63. The van der Waals surface area contributed by atoms with Gasteiger partial charge in [-0.05, 0) is 83.5 Å². The van der Waals surface area contributed by atoms with Gasteiger partial charge in [-0.2, -0.15) is 0 Å². The molecule has 0 radical (unpaired) electrons. The van der Waals surface area contributed by atoms with Crippen LogP contribution in [0.25, 0.3) is 0 Å². The quantitative estimate of drug-likeness (QED) is 0.0233. The number of rotatable bonds is 44. The van der Waals surface area contributed by atoms with Crippen molar-refractivity contribution in [1.29, 1.82) is 0 Å². The predicted molar refractivity (Wildman–Crippen MR) is 249 cm³/mol. The number of carboxylic acid groups (broad SMARTS) is 1. The summed E-state index contributed by atoms with van der Waals surface area (Å²) in [6.07, 6.45) is 55.2. The lowest BCUT2D eigenvalue weighted by atomic mass is 10.1. The number of carbonyl (C=O) groups excluding carboxylic acids is 1. The van der Waals surface area contributed by atoms with E-state index in [4.69, 9.17) is 29.4 Å². The number of aliphatic carboxylic acids is 1. The average Bonchev–Trinajstić information content (AvgIpc) is 3.23. The summed E-state index contributed by atoms with van der Waals surface area (Å²) in [4.78, 5) is 33.6. The van der Waals surface area contributed by atoms with E-state index in [1.54, 1.807) is 0 Å². The first-order chi connectivity index (χ1) is 29.2. The van der Waals surface area contributed by atoms with E-state index in [1.807, 2.05) is 0 Å². The molecule has 0 heterocycles.